The molecule has 0 N–H and O–H groups in total. The van der Waals surface area contributed by atoms with Gasteiger partial charge in [0, 0.05) is 11.5 Å². The van der Waals surface area contributed by atoms with Crippen molar-refractivity contribution in [3.63, 3.8) is 0 Å². The fraction of sp³-hybridized carbons (Fsp3) is 0.400. The van der Waals surface area contributed by atoms with E-state index < -0.39 is 18.1 Å². The molecule has 0 bridgehead atoms. The maximum absolute atomic E-state index is 5.94. The zero-order valence-electron chi connectivity index (χ0n) is 23.8. The molecule has 0 aliphatic heterocycles. The molecule has 0 fully saturated rings. The minimum Gasteiger partial charge on any atom is -1.00 e. The monoisotopic (exact) mass is 648 g/mol. The first-order valence-corrected chi connectivity index (χ1v) is 16.9. The van der Waals surface area contributed by atoms with Crippen LogP contribution in [0, 0.1) is 0 Å². The summed E-state index contributed by atoms with van der Waals surface area (Å²) < 4.78 is 11.9. The van der Waals surface area contributed by atoms with E-state index in [0.29, 0.717) is 0 Å². The summed E-state index contributed by atoms with van der Waals surface area (Å²) in [4.78, 5) is 0. The number of benzene rings is 2. The van der Waals surface area contributed by atoms with Crippen molar-refractivity contribution in [1.29, 1.82) is 0 Å². The Hall–Kier alpha value is -0.843. The molecule has 0 amide bonds. The van der Waals surface area contributed by atoms with Crippen LogP contribution in [-0.4, -0.2) is 18.1 Å². The third-order valence-electron chi connectivity index (χ3n) is 5.79. The van der Waals surface area contributed by atoms with Crippen LogP contribution in [0.15, 0.2) is 60.7 Å². The third kappa shape index (κ3) is 9.10. The molecule has 4 aromatic carbocycles. The normalized spacial score (nSPS) is 11.4. The molecule has 0 saturated heterocycles. The summed E-state index contributed by atoms with van der Waals surface area (Å²) in [5.41, 5.74) is 3.14. The minimum absolute atomic E-state index is 0. The van der Waals surface area contributed by atoms with E-state index >= 15 is 0 Å². The summed E-state index contributed by atoms with van der Waals surface area (Å²) >= 11 is 0. The average Bonchev–Trinajstić information content (AvgIpc) is 3.30. The Morgan fingerprint density at radius 2 is 0.892 bits per heavy atom. The van der Waals surface area contributed by atoms with Gasteiger partial charge in [0.15, 0.2) is 0 Å². The van der Waals surface area contributed by atoms with Crippen molar-refractivity contribution in [2.24, 2.45) is 0 Å². The first-order valence-electron chi connectivity index (χ1n) is 12.1. The number of halogens is 2. The van der Waals surface area contributed by atoms with Crippen LogP contribution in [0.3, 0.4) is 0 Å². The maximum Gasteiger partial charge on any atom is 4.00 e. The van der Waals surface area contributed by atoms with E-state index in [2.05, 4.69) is 128 Å². The molecule has 0 atom stereocenters. The van der Waals surface area contributed by atoms with Gasteiger partial charge in [0.2, 0.25) is 0 Å². The quantitative estimate of drug-likeness (QED) is 0.250. The van der Waals surface area contributed by atoms with Crippen molar-refractivity contribution in [3.05, 3.63) is 71.8 Å². The smallest absolute Gasteiger partial charge is 1.00 e. The molecule has 4 aromatic rings. The van der Waals surface area contributed by atoms with Gasteiger partial charge >= 0.3 is 26.2 Å². The van der Waals surface area contributed by atoms with Crippen molar-refractivity contribution >= 4 is 39.6 Å². The Labute approximate surface area is 259 Å². The van der Waals surface area contributed by atoms with Crippen molar-refractivity contribution in [2.45, 2.75) is 78.6 Å². The molecule has 4 rings (SSSR count). The molecule has 0 aromatic heterocycles. The Kier molecular flexibility index (Phi) is 14.2. The third-order valence-corrected chi connectivity index (χ3v) is 7.05. The van der Waals surface area contributed by atoms with Gasteiger partial charge in [-0.1, -0.05) is 64.8 Å². The van der Waals surface area contributed by atoms with Crippen LogP contribution in [0.5, 0.6) is 11.5 Å². The summed E-state index contributed by atoms with van der Waals surface area (Å²) in [5.74, 6) is 2.09. The molecule has 0 spiro atoms. The standard InChI is InChI=1S/2C15H20OSi.2ClH.Zr/c2*1-15(2,3)13-8-6-7-12-11(13)9-10-14(12)16-17(4)5;;;/h2*6-10H,1-5H3;2*1H;/q2*-1;;;+4/p-2. The second-order valence-electron chi connectivity index (χ2n) is 11.4. The predicted molar refractivity (Wildman–Crippen MR) is 153 cm³/mol. The van der Waals surface area contributed by atoms with Gasteiger partial charge in [0.1, 0.15) is 0 Å². The zero-order chi connectivity index (χ0) is 25.3. The van der Waals surface area contributed by atoms with Gasteiger partial charge in [-0.05, 0) is 37.0 Å². The van der Waals surface area contributed by atoms with E-state index in [9.17, 15) is 0 Å². The molecule has 0 aliphatic rings. The number of hydrogen-bond acceptors (Lipinski definition) is 2. The second kappa shape index (κ2) is 14.5. The van der Waals surface area contributed by atoms with E-state index in [1.165, 1.54) is 32.7 Å². The summed E-state index contributed by atoms with van der Waals surface area (Å²) in [6.07, 6.45) is 0. The van der Waals surface area contributed by atoms with Crippen LogP contribution in [-0.2, 0) is 37.0 Å². The Bertz CT molecular complexity index is 1150. The number of rotatable bonds is 4. The molecule has 2 nitrogen and oxygen atoms in total. The molecule has 0 saturated carbocycles. The minimum atomic E-state index is -0.695. The second-order valence-corrected chi connectivity index (χ2v) is 15.5. The number of hydrogen-bond donors (Lipinski definition) is 0. The molecular weight excluding hydrogens is 611 g/mol. The van der Waals surface area contributed by atoms with Crippen molar-refractivity contribution in [1.82, 2.24) is 0 Å². The molecule has 2 radical (unpaired) electrons. The topological polar surface area (TPSA) is 18.5 Å². The molecule has 0 heterocycles. The first kappa shape index (κ1) is 36.2. The van der Waals surface area contributed by atoms with Gasteiger partial charge < -0.3 is 33.7 Å². The SMILES string of the molecule is C[Si](C)O[c-]1ccc2c(C(C)(C)C)cccc21.C[Si](C)O[c-]1ccc2c(C(C)(C)C)cccc21.[Cl-].[Cl-].[Zr+4]. The van der Waals surface area contributed by atoms with Gasteiger partial charge in [-0.3, -0.25) is 0 Å². The van der Waals surface area contributed by atoms with E-state index in [4.69, 9.17) is 8.85 Å². The van der Waals surface area contributed by atoms with Crippen LogP contribution in [0.2, 0.25) is 26.2 Å². The van der Waals surface area contributed by atoms with Gasteiger partial charge in [-0.2, -0.15) is 12.1 Å². The fourth-order valence-electron chi connectivity index (χ4n) is 4.34. The molecule has 0 aliphatic carbocycles. The summed E-state index contributed by atoms with van der Waals surface area (Å²) in [6.45, 7) is 22.2. The molecule has 7 heteroatoms. The van der Waals surface area contributed by atoms with E-state index in [-0.39, 0.29) is 61.8 Å². The van der Waals surface area contributed by atoms with Gasteiger partial charge in [0.25, 0.3) is 18.1 Å². The van der Waals surface area contributed by atoms with Crippen LogP contribution >= 0.6 is 0 Å². The first-order chi connectivity index (χ1) is 15.8. The molecular formula is C30H40Cl2O2Si2Zr. The molecule has 0 unspecified atom stereocenters. The van der Waals surface area contributed by atoms with Crippen molar-refractivity contribution < 1.29 is 59.9 Å². The average molecular weight is 651 g/mol. The zero-order valence-corrected chi connectivity index (χ0v) is 29.8. The van der Waals surface area contributed by atoms with Gasteiger partial charge in [-0.25, -0.2) is 0 Å². The van der Waals surface area contributed by atoms with Crippen LogP contribution in [0.4, 0.5) is 0 Å². The van der Waals surface area contributed by atoms with Crippen molar-refractivity contribution in [2.75, 3.05) is 0 Å². The Morgan fingerprint density at radius 3 is 1.16 bits per heavy atom. The summed E-state index contributed by atoms with van der Waals surface area (Å²) in [5, 5.41) is 5.17. The van der Waals surface area contributed by atoms with Crippen LogP contribution < -0.4 is 33.7 Å². The summed E-state index contributed by atoms with van der Waals surface area (Å²) in [6, 6.07) is 21.6. The summed E-state index contributed by atoms with van der Waals surface area (Å²) in [7, 11) is -1.39. The van der Waals surface area contributed by atoms with Crippen LogP contribution in [0.25, 0.3) is 21.5 Å². The Balaban J connectivity index is 0.000000648. The van der Waals surface area contributed by atoms with E-state index in [1.54, 1.807) is 0 Å². The van der Waals surface area contributed by atoms with Crippen molar-refractivity contribution in [3.8, 4) is 11.5 Å². The van der Waals surface area contributed by atoms with Crippen LogP contribution in [0.1, 0.15) is 52.7 Å². The largest absolute Gasteiger partial charge is 4.00 e. The molecule has 37 heavy (non-hydrogen) atoms. The number of fused-ring (bicyclic) bond motifs is 2. The predicted octanol–water partition coefficient (Wildman–Crippen LogP) is 2.98. The van der Waals surface area contributed by atoms with E-state index in [0.717, 1.165) is 11.5 Å². The van der Waals surface area contributed by atoms with E-state index in [1.807, 2.05) is 0 Å². The fourth-order valence-corrected chi connectivity index (χ4v) is 5.58. The Morgan fingerprint density at radius 1 is 0.568 bits per heavy atom. The van der Waals surface area contributed by atoms with Gasteiger partial charge in [0.05, 0.1) is 0 Å². The maximum atomic E-state index is 5.94. The molecule has 198 valence electrons. The van der Waals surface area contributed by atoms with Gasteiger partial charge in [-0.15, -0.1) is 57.9 Å².